The molecule has 0 saturated carbocycles. The summed E-state index contributed by atoms with van der Waals surface area (Å²) in [5, 5.41) is 2.53. The second-order valence-corrected chi connectivity index (χ2v) is 12.7. The maximum Gasteiger partial charge on any atom is 0.338 e. The molecule has 2 heterocycles. The predicted molar refractivity (Wildman–Crippen MR) is 114 cm³/mol. The van der Waals surface area contributed by atoms with E-state index in [9.17, 15) is 26.4 Å². The van der Waals surface area contributed by atoms with Gasteiger partial charge in [0.25, 0.3) is 5.91 Å². The molecule has 0 spiro atoms. The SMILES string of the molecule is C[C@@H]1C[C@H](C)CN(S(=O)(=O)c2ccc(C(=O)OCC(=O)N[C@H]3CCS(=O)(=O)C3)cc2)C1. The summed E-state index contributed by atoms with van der Waals surface area (Å²) >= 11 is 0. The van der Waals surface area contributed by atoms with Gasteiger partial charge in [-0.2, -0.15) is 4.31 Å². The van der Waals surface area contributed by atoms with Gasteiger partial charge in [-0.3, -0.25) is 4.79 Å². The molecule has 2 aliphatic heterocycles. The molecule has 2 fully saturated rings. The first kappa shape index (κ1) is 23.7. The van der Waals surface area contributed by atoms with E-state index in [0.29, 0.717) is 19.5 Å². The van der Waals surface area contributed by atoms with Gasteiger partial charge in [0, 0.05) is 19.1 Å². The second kappa shape index (κ2) is 9.25. The van der Waals surface area contributed by atoms with E-state index in [1.807, 2.05) is 13.8 Å². The van der Waals surface area contributed by atoms with Gasteiger partial charge in [0.1, 0.15) is 0 Å². The molecule has 2 aliphatic rings. The summed E-state index contributed by atoms with van der Waals surface area (Å²) in [4.78, 5) is 24.2. The fourth-order valence-corrected chi connectivity index (χ4v) is 7.46. The average molecular weight is 473 g/mol. The zero-order valence-electron chi connectivity index (χ0n) is 17.6. The number of amides is 1. The van der Waals surface area contributed by atoms with Crippen LogP contribution in [0.15, 0.2) is 29.2 Å². The number of nitrogens with zero attached hydrogens (tertiary/aromatic N) is 1. The molecular formula is C20H28N2O7S2. The zero-order valence-corrected chi connectivity index (χ0v) is 19.2. The van der Waals surface area contributed by atoms with Crippen LogP contribution in [0.2, 0.25) is 0 Å². The molecule has 0 aromatic heterocycles. The summed E-state index contributed by atoms with van der Waals surface area (Å²) in [6.45, 7) is 4.44. The van der Waals surface area contributed by atoms with Crippen LogP contribution in [-0.2, 0) is 29.4 Å². The Bertz CT molecular complexity index is 1030. The van der Waals surface area contributed by atoms with Crippen molar-refractivity contribution in [1.82, 2.24) is 9.62 Å². The molecule has 3 atom stereocenters. The number of ether oxygens (including phenoxy) is 1. The molecule has 0 aliphatic carbocycles. The number of benzene rings is 1. The lowest BCUT2D eigenvalue weighted by Crippen LogP contribution is -2.42. The quantitative estimate of drug-likeness (QED) is 0.607. The Morgan fingerprint density at radius 2 is 1.74 bits per heavy atom. The van der Waals surface area contributed by atoms with Gasteiger partial charge < -0.3 is 10.1 Å². The lowest BCUT2D eigenvalue weighted by atomic mass is 9.94. The predicted octanol–water partition coefficient (Wildman–Crippen LogP) is 0.813. The lowest BCUT2D eigenvalue weighted by molar-refractivity contribution is -0.124. The number of piperidine rings is 1. The average Bonchev–Trinajstić information content (AvgIpc) is 3.03. The van der Waals surface area contributed by atoms with Crippen molar-refractivity contribution in [3.63, 3.8) is 0 Å². The fraction of sp³-hybridized carbons (Fsp3) is 0.600. The van der Waals surface area contributed by atoms with Crippen LogP contribution in [0.25, 0.3) is 0 Å². The standard InChI is InChI=1S/C20H28N2O7S2/c1-14-9-15(2)11-22(10-14)31(27,28)18-5-3-16(4-6-18)20(24)29-12-19(23)21-17-7-8-30(25,26)13-17/h3-6,14-15,17H,7-13H2,1-2H3,(H,21,23)/t14-,15+,17-/m0/s1. The molecule has 0 radical (unpaired) electrons. The van der Waals surface area contributed by atoms with E-state index in [0.717, 1.165) is 6.42 Å². The summed E-state index contributed by atoms with van der Waals surface area (Å²) in [6, 6.07) is 4.96. The van der Waals surface area contributed by atoms with Crippen molar-refractivity contribution in [3.8, 4) is 0 Å². The smallest absolute Gasteiger partial charge is 0.338 e. The summed E-state index contributed by atoms with van der Waals surface area (Å²) in [5.41, 5.74) is 0.121. The van der Waals surface area contributed by atoms with Gasteiger partial charge in [-0.1, -0.05) is 13.8 Å². The maximum atomic E-state index is 12.9. The van der Waals surface area contributed by atoms with Gasteiger partial charge in [-0.25, -0.2) is 21.6 Å². The number of rotatable bonds is 6. The van der Waals surface area contributed by atoms with E-state index >= 15 is 0 Å². The molecule has 3 rings (SSSR count). The highest BCUT2D eigenvalue weighted by molar-refractivity contribution is 7.91. The minimum atomic E-state index is -3.65. The van der Waals surface area contributed by atoms with Crippen molar-refractivity contribution in [2.45, 2.75) is 37.6 Å². The van der Waals surface area contributed by atoms with Gasteiger partial charge in [0.05, 0.1) is 22.0 Å². The number of sulfone groups is 1. The Hall–Kier alpha value is -1.98. The Morgan fingerprint density at radius 3 is 2.29 bits per heavy atom. The molecule has 1 N–H and O–H groups in total. The first-order chi connectivity index (χ1) is 14.5. The third-order valence-corrected chi connectivity index (χ3v) is 9.11. The summed E-state index contributed by atoms with van der Waals surface area (Å²) < 4.78 is 55.1. The van der Waals surface area contributed by atoms with Crippen LogP contribution in [0.4, 0.5) is 0 Å². The summed E-state index contributed by atoms with van der Waals surface area (Å²) in [6.07, 6.45) is 1.33. The van der Waals surface area contributed by atoms with E-state index in [-0.39, 0.29) is 33.8 Å². The Kier molecular flexibility index (Phi) is 7.07. The number of nitrogens with one attached hydrogen (secondary N) is 1. The number of carbonyl (C=O) groups is 2. The Balaban J connectivity index is 1.55. The minimum Gasteiger partial charge on any atom is -0.452 e. The molecule has 1 amide bonds. The number of hydrogen-bond donors (Lipinski definition) is 1. The Morgan fingerprint density at radius 1 is 1.13 bits per heavy atom. The highest BCUT2D eigenvalue weighted by atomic mass is 32.2. The lowest BCUT2D eigenvalue weighted by Gasteiger charge is -2.34. The highest BCUT2D eigenvalue weighted by Crippen LogP contribution is 2.26. The molecule has 2 saturated heterocycles. The zero-order chi connectivity index (χ0) is 22.8. The molecule has 0 unspecified atom stereocenters. The molecule has 1 aromatic rings. The molecule has 31 heavy (non-hydrogen) atoms. The van der Waals surface area contributed by atoms with Gasteiger partial charge in [-0.05, 0) is 48.9 Å². The van der Waals surface area contributed by atoms with Gasteiger partial charge >= 0.3 is 5.97 Å². The van der Waals surface area contributed by atoms with Gasteiger partial charge in [0.15, 0.2) is 16.4 Å². The molecule has 172 valence electrons. The van der Waals surface area contributed by atoms with Crippen LogP contribution < -0.4 is 5.32 Å². The largest absolute Gasteiger partial charge is 0.452 e. The van der Waals surface area contributed by atoms with Gasteiger partial charge in [0.2, 0.25) is 10.0 Å². The van der Waals surface area contributed by atoms with Crippen LogP contribution in [0, 0.1) is 11.8 Å². The topological polar surface area (TPSA) is 127 Å². The van der Waals surface area contributed by atoms with Crippen molar-refractivity contribution in [1.29, 1.82) is 0 Å². The van der Waals surface area contributed by atoms with E-state index in [1.165, 1.54) is 28.6 Å². The van der Waals surface area contributed by atoms with Gasteiger partial charge in [-0.15, -0.1) is 0 Å². The Labute approximate surface area is 183 Å². The van der Waals surface area contributed by atoms with E-state index in [4.69, 9.17) is 4.74 Å². The molecule has 0 bridgehead atoms. The summed E-state index contributed by atoms with van der Waals surface area (Å²) in [5.74, 6) is -0.868. The molecular weight excluding hydrogens is 444 g/mol. The number of hydrogen-bond acceptors (Lipinski definition) is 7. The third kappa shape index (κ3) is 6.05. The van der Waals surface area contributed by atoms with Crippen LogP contribution >= 0.6 is 0 Å². The maximum absolute atomic E-state index is 12.9. The normalized spacial score (nSPS) is 26.3. The molecule has 1 aromatic carbocycles. The van der Waals surface area contributed by atoms with Crippen LogP contribution in [0.3, 0.4) is 0 Å². The monoisotopic (exact) mass is 472 g/mol. The van der Waals surface area contributed by atoms with Crippen molar-refractivity contribution >= 4 is 31.7 Å². The van der Waals surface area contributed by atoms with E-state index < -0.39 is 44.4 Å². The minimum absolute atomic E-state index is 0.0300. The van der Waals surface area contributed by atoms with Crippen molar-refractivity contribution in [3.05, 3.63) is 29.8 Å². The molecule has 11 heteroatoms. The van der Waals surface area contributed by atoms with Crippen LogP contribution in [0.1, 0.15) is 37.0 Å². The fourth-order valence-electron chi connectivity index (χ4n) is 4.11. The molecule has 9 nitrogen and oxygen atoms in total. The van der Waals surface area contributed by atoms with Crippen LogP contribution in [0.5, 0.6) is 0 Å². The summed E-state index contributed by atoms with van der Waals surface area (Å²) in [7, 11) is -6.77. The number of esters is 1. The van der Waals surface area contributed by atoms with E-state index in [1.54, 1.807) is 0 Å². The highest BCUT2D eigenvalue weighted by Gasteiger charge is 2.32. The second-order valence-electron chi connectivity index (χ2n) is 8.54. The van der Waals surface area contributed by atoms with Crippen molar-refractivity contribution in [2.75, 3.05) is 31.2 Å². The van der Waals surface area contributed by atoms with Crippen molar-refractivity contribution in [2.24, 2.45) is 11.8 Å². The number of sulfonamides is 1. The first-order valence-corrected chi connectivity index (χ1v) is 13.5. The first-order valence-electron chi connectivity index (χ1n) is 10.2. The van der Waals surface area contributed by atoms with E-state index in [2.05, 4.69) is 5.32 Å². The third-order valence-electron chi connectivity index (χ3n) is 5.50. The van der Waals surface area contributed by atoms with Crippen LogP contribution in [-0.4, -0.2) is 70.3 Å². The number of carbonyl (C=O) groups excluding carboxylic acids is 2. The van der Waals surface area contributed by atoms with Crippen molar-refractivity contribution < 1.29 is 31.2 Å².